The van der Waals surface area contributed by atoms with Crippen molar-refractivity contribution in [3.63, 3.8) is 0 Å². The van der Waals surface area contributed by atoms with Gasteiger partial charge in [0.25, 0.3) is 0 Å². The van der Waals surface area contributed by atoms with Crippen molar-refractivity contribution in [3.05, 3.63) is 12.2 Å². The van der Waals surface area contributed by atoms with Gasteiger partial charge in [-0.15, -0.1) is 0 Å². The lowest BCUT2D eigenvalue weighted by atomic mass is 10.2. The van der Waals surface area contributed by atoms with Crippen LogP contribution in [-0.2, 0) is 0 Å². The van der Waals surface area contributed by atoms with E-state index in [1.54, 1.807) is 4.90 Å². The molecule has 1 saturated heterocycles. The molecule has 1 heterocycles. The Labute approximate surface area is 80.0 Å². The van der Waals surface area contributed by atoms with Crippen molar-refractivity contribution in [2.75, 3.05) is 20.1 Å². The summed E-state index contributed by atoms with van der Waals surface area (Å²) < 4.78 is 0. The van der Waals surface area contributed by atoms with Gasteiger partial charge >= 0.3 is 6.03 Å². The summed E-state index contributed by atoms with van der Waals surface area (Å²) in [6.07, 6.45) is 5.23. The minimum absolute atomic E-state index is 0.147. The van der Waals surface area contributed by atoms with Crippen LogP contribution in [-0.4, -0.2) is 42.0 Å². The Hall–Kier alpha value is -0.990. The van der Waals surface area contributed by atoms with E-state index in [1.165, 1.54) is 0 Å². The summed E-state index contributed by atoms with van der Waals surface area (Å²) in [5.41, 5.74) is 0. The van der Waals surface area contributed by atoms with Crippen LogP contribution in [0.4, 0.5) is 4.79 Å². The Balaban J connectivity index is 2.53. The second kappa shape index (κ2) is 4.30. The molecular weight excluding hydrogens is 164 g/mol. The second-order valence-electron chi connectivity index (χ2n) is 3.47. The Morgan fingerprint density at radius 2 is 2.23 bits per heavy atom. The van der Waals surface area contributed by atoms with Crippen molar-refractivity contribution in [1.29, 1.82) is 0 Å². The monoisotopic (exact) mass is 182 g/mol. The zero-order valence-corrected chi connectivity index (χ0v) is 8.66. The highest BCUT2D eigenvalue weighted by molar-refractivity contribution is 5.76. The molecule has 0 saturated carbocycles. The van der Waals surface area contributed by atoms with Gasteiger partial charge in [-0.05, 0) is 13.3 Å². The predicted molar refractivity (Wildman–Crippen MR) is 53.6 cm³/mol. The van der Waals surface area contributed by atoms with Crippen molar-refractivity contribution in [2.24, 2.45) is 0 Å². The third-order valence-electron chi connectivity index (χ3n) is 2.39. The number of carbonyl (C=O) groups excluding carboxylic acids is 1. The number of hydrogen-bond donors (Lipinski definition) is 0. The molecule has 0 aliphatic carbocycles. The first-order chi connectivity index (χ1) is 6.16. The molecule has 13 heavy (non-hydrogen) atoms. The van der Waals surface area contributed by atoms with Gasteiger partial charge in [0, 0.05) is 26.2 Å². The highest BCUT2D eigenvalue weighted by Crippen LogP contribution is 2.11. The summed E-state index contributed by atoms with van der Waals surface area (Å²) in [6.45, 7) is 5.86. The number of nitrogens with zero attached hydrogens (tertiary/aromatic N) is 2. The summed E-state index contributed by atoms with van der Waals surface area (Å²) in [5.74, 6) is 0. The second-order valence-corrected chi connectivity index (χ2v) is 3.47. The van der Waals surface area contributed by atoms with E-state index < -0.39 is 0 Å². The number of carbonyl (C=O) groups is 1. The zero-order chi connectivity index (χ0) is 9.84. The molecule has 0 aromatic carbocycles. The Bertz CT molecular complexity index is 213. The van der Waals surface area contributed by atoms with E-state index in [4.69, 9.17) is 0 Å². The number of urea groups is 1. The number of rotatable bonds is 3. The van der Waals surface area contributed by atoms with Gasteiger partial charge in [-0.2, -0.15) is 0 Å². The van der Waals surface area contributed by atoms with Gasteiger partial charge in [0.15, 0.2) is 0 Å². The van der Waals surface area contributed by atoms with Gasteiger partial charge in [-0.3, -0.25) is 0 Å². The van der Waals surface area contributed by atoms with Crippen LogP contribution in [0.25, 0.3) is 0 Å². The molecule has 0 radical (unpaired) electrons. The van der Waals surface area contributed by atoms with Crippen LogP contribution in [0, 0.1) is 0 Å². The molecule has 1 aliphatic rings. The molecule has 1 fully saturated rings. The van der Waals surface area contributed by atoms with Crippen LogP contribution in [0.1, 0.15) is 20.3 Å². The smallest absolute Gasteiger partial charge is 0.320 e. The molecule has 0 aromatic heterocycles. The number of likely N-dealkylation sites (N-methyl/N-ethyl adjacent to an activating group) is 1. The number of allylic oxidation sites excluding steroid dienone is 1. The maximum atomic E-state index is 11.5. The highest BCUT2D eigenvalue weighted by atomic mass is 16.2. The average molecular weight is 182 g/mol. The molecule has 74 valence electrons. The molecule has 0 bridgehead atoms. The first kappa shape index (κ1) is 10.1. The van der Waals surface area contributed by atoms with E-state index in [1.807, 2.05) is 11.9 Å². The lowest BCUT2D eigenvalue weighted by Crippen LogP contribution is -2.35. The topological polar surface area (TPSA) is 23.6 Å². The van der Waals surface area contributed by atoms with Gasteiger partial charge in [0.05, 0.1) is 0 Å². The molecule has 0 N–H and O–H groups in total. The van der Waals surface area contributed by atoms with Gasteiger partial charge < -0.3 is 9.80 Å². The van der Waals surface area contributed by atoms with Gasteiger partial charge in [-0.1, -0.05) is 19.1 Å². The van der Waals surface area contributed by atoms with Crippen molar-refractivity contribution >= 4 is 6.03 Å². The molecular formula is C10H18N2O. The predicted octanol–water partition coefficient (Wildman–Crippen LogP) is 1.71. The Kier molecular flexibility index (Phi) is 3.34. The summed E-state index contributed by atoms with van der Waals surface area (Å²) in [5, 5.41) is 0. The maximum Gasteiger partial charge on any atom is 0.320 e. The summed E-state index contributed by atoms with van der Waals surface area (Å²) in [6, 6.07) is 0.380. The molecule has 0 aromatic rings. The molecule has 1 unspecified atom stereocenters. The quantitative estimate of drug-likeness (QED) is 0.609. The summed E-state index contributed by atoms with van der Waals surface area (Å²) in [7, 11) is 1.85. The largest absolute Gasteiger partial charge is 0.326 e. The van der Waals surface area contributed by atoms with Crippen molar-refractivity contribution < 1.29 is 4.79 Å². The van der Waals surface area contributed by atoms with Crippen LogP contribution >= 0.6 is 0 Å². The minimum atomic E-state index is 0.147. The van der Waals surface area contributed by atoms with E-state index in [9.17, 15) is 4.79 Å². The maximum absolute atomic E-state index is 11.5. The molecule has 2 amide bonds. The highest BCUT2D eigenvalue weighted by Gasteiger charge is 2.27. The molecule has 1 atom stereocenters. The van der Waals surface area contributed by atoms with E-state index in [0.29, 0.717) is 0 Å². The first-order valence-corrected chi connectivity index (χ1v) is 4.85. The lowest BCUT2D eigenvalue weighted by Gasteiger charge is -2.20. The SMILES string of the molecule is CC/C=C/C(C)N1CCN(C)C1=O. The van der Waals surface area contributed by atoms with Crippen molar-refractivity contribution in [3.8, 4) is 0 Å². The average Bonchev–Trinajstić information content (AvgIpc) is 2.44. The molecule has 0 spiro atoms. The van der Waals surface area contributed by atoms with Crippen LogP contribution in [0.2, 0.25) is 0 Å². The van der Waals surface area contributed by atoms with Crippen LogP contribution in [0.3, 0.4) is 0 Å². The minimum Gasteiger partial charge on any atom is -0.326 e. The molecule has 3 nitrogen and oxygen atoms in total. The van der Waals surface area contributed by atoms with E-state index >= 15 is 0 Å². The fraction of sp³-hybridized carbons (Fsp3) is 0.700. The third-order valence-corrected chi connectivity index (χ3v) is 2.39. The van der Waals surface area contributed by atoms with Crippen molar-refractivity contribution in [1.82, 2.24) is 9.80 Å². The third kappa shape index (κ3) is 2.23. The summed E-state index contributed by atoms with van der Waals surface area (Å²) >= 11 is 0. The number of hydrogen-bond acceptors (Lipinski definition) is 1. The van der Waals surface area contributed by atoms with Crippen molar-refractivity contribution in [2.45, 2.75) is 26.3 Å². The number of amides is 2. The van der Waals surface area contributed by atoms with E-state index in [-0.39, 0.29) is 12.1 Å². The molecule has 1 rings (SSSR count). The fourth-order valence-corrected chi connectivity index (χ4v) is 1.48. The fourth-order valence-electron chi connectivity index (χ4n) is 1.48. The Morgan fingerprint density at radius 3 is 2.69 bits per heavy atom. The van der Waals surface area contributed by atoms with Gasteiger partial charge in [0.1, 0.15) is 0 Å². The van der Waals surface area contributed by atoms with E-state index in [0.717, 1.165) is 19.5 Å². The Morgan fingerprint density at radius 1 is 1.54 bits per heavy atom. The first-order valence-electron chi connectivity index (χ1n) is 4.85. The summed E-state index contributed by atoms with van der Waals surface area (Å²) in [4.78, 5) is 15.2. The van der Waals surface area contributed by atoms with Crippen LogP contribution in [0.5, 0.6) is 0 Å². The molecule has 3 heteroatoms. The zero-order valence-electron chi connectivity index (χ0n) is 8.66. The van der Waals surface area contributed by atoms with E-state index in [2.05, 4.69) is 26.0 Å². The standard InChI is InChI=1S/C10H18N2O/c1-4-5-6-9(2)12-8-7-11(3)10(12)13/h5-6,9H,4,7-8H2,1-3H3/b6-5+. The van der Waals surface area contributed by atoms with Crippen LogP contribution < -0.4 is 0 Å². The van der Waals surface area contributed by atoms with Crippen LogP contribution in [0.15, 0.2) is 12.2 Å². The lowest BCUT2D eigenvalue weighted by molar-refractivity contribution is 0.193. The van der Waals surface area contributed by atoms with Gasteiger partial charge in [0.2, 0.25) is 0 Å². The normalized spacial score (nSPS) is 20.4. The molecule has 1 aliphatic heterocycles. The van der Waals surface area contributed by atoms with Gasteiger partial charge in [-0.25, -0.2) is 4.79 Å².